The molecule has 1 N–H and O–H groups in total. The normalized spacial score (nSPS) is 14.7. The molecular weight excluding hydrogens is 434 g/mol. The molecule has 2 heterocycles. The van der Waals surface area contributed by atoms with E-state index in [1.807, 2.05) is 67.7 Å². The summed E-state index contributed by atoms with van der Waals surface area (Å²) in [4.78, 5) is 26.1. The van der Waals surface area contributed by atoms with Gasteiger partial charge >= 0.3 is 0 Å². The van der Waals surface area contributed by atoms with Crippen molar-refractivity contribution in [2.75, 3.05) is 49.8 Å². The van der Waals surface area contributed by atoms with E-state index < -0.39 is 0 Å². The highest BCUT2D eigenvalue weighted by atomic mass is 32.2. The summed E-state index contributed by atoms with van der Waals surface area (Å²) in [5, 5.41) is 3.87. The highest BCUT2D eigenvalue weighted by Gasteiger charge is 2.28. The molecule has 0 spiro atoms. The first kappa shape index (κ1) is 23.2. The highest BCUT2D eigenvalue weighted by molar-refractivity contribution is 7.98. The van der Waals surface area contributed by atoms with Gasteiger partial charge in [-0.1, -0.05) is 54.2 Å². The molecule has 7 nitrogen and oxygen atoms in total. The lowest BCUT2D eigenvalue weighted by molar-refractivity contribution is 0.0411. The Bertz CT molecular complexity index is 1100. The van der Waals surface area contributed by atoms with Gasteiger partial charge in [-0.2, -0.15) is 0 Å². The highest BCUT2D eigenvalue weighted by Crippen LogP contribution is 2.28. The molecule has 0 radical (unpaired) electrons. The van der Waals surface area contributed by atoms with Gasteiger partial charge in [0.1, 0.15) is 11.4 Å². The molecule has 2 aromatic carbocycles. The molecule has 172 valence electrons. The maximum absolute atomic E-state index is 13.4. The summed E-state index contributed by atoms with van der Waals surface area (Å²) in [6, 6.07) is 18.2. The fourth-order valence-corrected chi connectivity index (χ4v) is 4.22. The van der Waals surface area contributed by atoms with Crippen LogP contribution in [0.15, 0.2) is 66.0 Å². The molecular formula is C25H29N5O2S. The fourth-order valence-electron chi connectivity index (χ4n) is 3.88. The van der Waals surface area contributed by atoms with Crippen LogP contribution in [0.25, 0.3) is 0 Å². The summed E-state index contributed by atoms with van der Waals surface area (Å²) >= 11 is 1.47. The second kappa shape index (κ2) is 10.8. The lowest BCUT2D eigenvalue weighted by atomic mass is 10.1. The molecule has 1 atom stereocenters. The van der Waals surface area contributed by atoms with Crippen LogP contribution in [0, 0.1) is 0 Å². The van der Waals surface area contributed by atoms with Gasteiger partial charge in [0.15, 0.2) is 5.16 Å². The lowest BCUT2D eigenvalue weighted by Crippen LogP contribution is -2.33. The van der Waals surface area contributed by atoms with Crippen molar-refractivity contribution < 1.29 is 9.53 Å². The maximum Gasteiger partial charge on any atom is 0.263 e. The quantitative estimate of drug-likeness (QED) is 0.403. The monoisotopic (exact) mass is 463 g/mol. The van der Waals surface area contributed by atoms with Crippen LogP contribution in [0.3, 0.4) is 0 Å². The molecule has 1 unspecified atom stereocenters. The van der Waals surface area contributed by atoms with E-state index in [9.17, 15) is 4.79 Å². The number of nitrogens with zero attached hydrogens (tertiary/aromatic N) is 4. The van der Waals surface area contributed by atoms with Crippen molar-refractivity contribution in [2.24, 2.45) is 0 Å². The molecule has 1 aromatic heterocycles. The van der Waals surface area contributed by atoms with Crippen LogP contribution in [0.4, 0.5) is 11.5 Å². The van der Waals surface area contributed by atoms with Crippen molar-refractivity contribution in [1.82, 2.24) is 15.3 Å². The molecule has 1 amide bonds. The van der Waals surface area contributed by atoms with Crippen molar-refractivity contribution in [2.45, 2.75) is 17.9 Å². The number of rotatable bonds is 8. The summed E-state index contributed by atoms with van der Waals surface area (Å²) < 4.78 is 6.25. The maximum atomic E-state index is 13.4. The molecule has 33 heavy (non-hydrogen) atoms. The number of benzene rings is 2. The molecule has 0 fully saturated rings. The third kappa shape index (κ3) is 5.35. The Labute approximate surface area is 199 Å². The number of thioether (sulfide) groups is 1. The molecule has 0 saturated carbocycles. The first-order chi connectivity index (χ1) is 16.1. The van der Waals surface area contributed by atoms with Crippen LogP contribution < -0.4 is 15.1 Å². The number of carbonyl (C=O) groups is 1. The van der Waals surface area contributed by atoms with Gasteiger partial charge in [0.05, 0.1) is 12.7 Å². The largest absolute Gasteiger partial charge is 0.368 e. The SMILES string of the molecule is CNCC(OCc1cccc(N2CCN(C)c3nc(SC)ncc3C2=O)c1)c1ccccc1. The van der Waals surface area contributed by atoms with Crippen molar-refractivity contribution in [1.29, 1.82) is 0 Å². The third-order valence-electron chi connectivity index (χ3n) is 5.66. The van der Waals surface area contributed by atoms with Crippen LogP contribution >= 0.6 is 11.8 Å². The number of amides is 1. The molecule has 0 aliphatic carbocycles. The number of carbonyl (C=O) groups excluding carboxylic acids is 1. The van der Waals surface area contributed by atoms with Gasteiger partial charge < -0.3 is 19.9 Å². The van der Waals surface area contributed by atoms with Gasteiger partial charge in [-0.25, -0.2) is 9.97 Å². The second-order valence-corrected chi connectivity index (χ2v) is 8.68. The van der Waals surface area contributed by atoms with Gasteiger partial charge in [-0.15, -0.1) is 0 Å². The van der Waals surface area contributed by atoms with Crippen LogP contribution in [0.5, 0.6) is 0 Å². The summed E-state index contributed by atoms with van der Waals surface area (Å²) in [5.74, 6) is 0.594. The van der Waals surface area contributed by atoms with Gasteiger partial charge in [0, 0.05) is 38.6 Å². The van der Waals surface area contributed by atoms with Gasteiger partial charge in [-0.05, 0) is 36.6 Å². The summed E-state index contributed by atoms with van der Waals surface area (Å²) in [5.41, 5.74) is 3.52. The third-order valence-corrected chi connectivity index (χ3v) is 6.22. The van der Waals surface area contributed by atoms with Crippen molar-refractivity contribution in [3.63, 3.8) is 0 Å². The number of hydrogen-bond donors (Lipinski definition) is 1. The minimum Gasteiger partial charge on any atom is -0.368 e. The van der Waals surface area contributed by atoms with E-state index in [1.165, 1.54) is 11.8 Å². The summed E-state index contributed by atoms with van der Waals surface area (Å²) in [6.45, 7) is 2.42. The zero-order valence-corrected chi connectivity index (χ0v) is 20.0. The zero-order valence-electron chi connectivity index (χ0n) is 19.2. The van der Waals surface area contributed by atoms with E-state index in [4.69, 9.17) is 4.74 Å². The van der Waals surface area contributed by atoms with Crippen molar-refractivity contribution in [3.8, 4) is 0 Å². The predicted molar refractivity (Wildman–Crippen MR) is 133 cm³/mol. The smallest absolute Gasteiger partial charge is 0.263 e. The average Bonchev–Trinajstić information content (AvgIpc) is 2.98. The molecule has 8 heteroatoms. The minimum absolute atomic E-state index is 0.0528. The summed E-state index contributed by atoms with van der Waals surface area (Å²) in [6.07, 6.45) is 3.52. The van der Waals surface area contributed by atoms with Crippen LogP contribution in [-0.4, -0.2) is 55.9 Å². The average molecular weight is 464 g/mol. The number of likely N-dealkylation sites (N-methyl/N-ethyl adjacent to an activating group) is 2. The number of ether oxygens (including phenoxy) is 1. The standard InChI is InChI=1S/C25H29N5O2S/c1-26-16-22(19-9-5-4-6-10-19)32-17-18-8-7-11-20(14-18)30-13-12-29(2)23-21(24(30)31)15-27-25(28-23)33-3/h4-11,14-15,22,26H,12-13,16-17H2,1-3H3. The Hall–Kier alpha value is -2.94. The van der Waals surface area contributed by atoms with E-state index in [0.717, 1.165) is 23.4 Å². The molecule has 0 saturated heterocycles. The predicted octanol–water partition coefficient (Wildman–Crippen LogP) is 3.77. The number of hydrogen-bond acceptors (Lipinski definition) is 7. The van der Waals surface area contributed by atoms with Gasteiger partial charge in [0.25, 0.3) is 5.91 Å². The van der Waals surface area contributed by atoms with E-state index in [0.29, 0.717) is 36.2 Å². The number of nitrogens with one attached hydrogen (secondary N) is 1. The Balaban J connectivity index is 1.54. The Kier molecular flexibility index (Phi) is 7.59. The Morgan fingerprint density at radius 2 is 1.97 bits per heavy atom. The minimum atomic E-state index is -0.0857. The molecule has 4 rings (SSSR count). The number of anilines is 2. The fraction of sp³-hybridized carbons (Fsp3) is 0.320. The Morgan fingerprint density at radius 1 is 1.15 bits per heavy atom. The van der Waals surface area contributed by atoms with Crippen LogP contribution in [0.1, 0.15) is 27.6 Å². The zero-order chi connectivity index (χ0) is 23.2. The lowest BCUT2D eigenvalue weighted by Gasteiger charge is -2.22. The van der Waals surface area contributed by atoms with Crippen LogP contribution in [0.2, 0.25) is 0 Å². The van der Waals surface area contributed by atoms with Gasteiger partial charge in [0.2, 0.25) is 0 Å². The van der Waals surface area contributed by atoms with Crippen LogP contribution in [-0.2, 0) is 11.3 Å². The first-order valence-electron chi connectivity index (χ1n) is 10.9. The summed E-state index contributed by atoms with van der Waals surface area (Å²) in [7, 11) is 3.88. The molecule has 3 aromatic rings. The van der Waals surface area contributed by atoms with E-state index >= 15 is 0 Å². The molecule has 1 aliphatic heterocycles. The number of aromatic nitrogens is 2. The number of fused-ring (bicyclic) bond motifs is 1. The van der Waals surface area contributed by atoms with E-state index in [-0.39, 0.29) is 12.0 Å². The second-order valence-electron chi connectivity index (χ2n) is 7.91. The topological polar surface area (TPSA) is 70.6 Å². The molecule has 1 aliphatic rings. The Morgan fingerprint density at radius 3 is 2.73 bits per heavy atom. The van der Waals surface area contributed by atoms with Gasteiger partial charge in [-0.3, -0.25) is 4.79 Å². The van der Waals surface area contributed by atoms with Crippen molar-refractivity contribution in [3.05, 3.63) is 77.5 Å². The van der Waals surface area contributed by atoms with E-state index in [2.05, 4.69) is 27.4 Å². The molecule has 0 bridgehead atoms. The van der Waals surface area contributed by atoms with Crippen molar-refractivity contribution >= 4 is 29.2 Å². The van der Waals surface area contributed by atoms with E-state index in [1.54, 1.807) is 11.1 Å². The first-order valence-corrected chi connectivity index (χ1v) is 12.2.